The quantitative estimate of drug-likeness (QED) is 0.863. The smallest absolute Gasteiger partial charge is 0.134 e. The second-order valence-corrected chi connectivity index (χ2v) is 4.73. The summed E-state index contributed by atoms with van der Waals surface area (Å²) in [6, 6.07) is 0. The zero-order valence-corrected chi connectivity index (χ0v) is 10.7. The van der Waals surface area contributed by atoms with Gasteiger partial charge in [0.05, 0.1) is 5.01 Å². The highest BCUT2D eigenvalue weighted by atomic mass is 32.1. The standard InChI is InChI=1S/C11H15N5S/c1-7-5-17-9(16-7)3-4-13-11-8(2)10(12)14-6-15-11/h5-6H,3-4H2,1-2H3,(H3,12,13,14,15). The van der Waals surface area contributed by atoms with Crippen LogP contribution < -0.4 is 11.1 Å². The SMILES string of the molecule is Cc1csc(CCNc2ncnc(N)c2C)n1. The maximum atomic E-state index is 5.71. The molecule has 0 aliphatic heterocycles. The number of aryl methyl sites for hydroxylation is 1. The largest absolute Gasteiger partial charge is 0.383 e. The lowest BCUT2D eigenvalue weighted by atomic mass is 10.3. The van der Waals surface area contributed by atoms with Crippen molar-refractivity contribution in [2.75, 3.05) is 17.6 Å². The van der Waals surface area contributed by atoms with Gasteiger partial charge in [-0.3, -0.25) is 0 Å². The Morgan fingerprint density at radius 3 is 2.88 bits per heavy atom. The first-order valence-electron chi connectivity index (χ1n) is 5.39. The van der Waals surface area contributed by atoms with E-state index in [1.54, 1.807) is 11.3 Å². The summed E-state index contributed by atoms with van der Waals surface area (Å²) in [7, 11) is 0. The second kappa shape index (κ2) is 5.09. The van der Waals surface area contributed by atoms with Crippen LogP contribution in [-0.4, -0.2) is 21.5 Å². The fraction of sp³-hybridized carbons (Fsp3) is 0.364. The van der Waals surface area contributed by atoms with E-state index >= 15 is 0 Å². The molecular weight excluding hydrogens is 234 g/mol. The Kier molecular flexibility index (Phi) is 3.53. The average Bonchev–Trinajstić information content (AvgIpc) is 2.70. The lowest BCUT2D eigenvalue weighted by Crippen LogP contribution is -2.09. The zero-order chi connectivity index (χ0) is 12.3. The van der Waals surface area contributed by atoms with Crippen molar-refractivity contribution < 1.29 is 0 Å². The summed E-state index contributed by atoms with van der Waals surface area (Å²) in [6.45, 7) is 4.71. The van der Waals surface area contributed by atoms with Gasteiger partial charge < -0.3 is 11.1 Å². The molecule has 2 rings (SSSR count). The minimum absolute atomic E-state index is 0.521. The van der Waals surface area contributed by atoms with Crippen molar-refractivity contribution in [2.45, 2.75) is 20.3 Å². The summed E-state index contributed by atoms with van der Waals surface area (Å²) < 4.78 is 0. The van der Waals surface area contributed by atoms with Gasteiger partial charge in [-0.15, -0.1) is 11.3 Å². The fourth-order valence-electron chi connectivity index (χ4n) is 1.45. The van der Waals surface area contributed by atoms with Gasteiger partial charge in [0.15, 0.2) is 0 Å². The Balaban J connectivity index is 1.92. The van der Waals surface area contributed by atoms with E-state index < -0.39 is 0 Å². The molecule has 0 aliphatic rings. The van der Waals surface area contributed by atoms with Crippen molar-refractivity contribution >= 4 is 23.0 Å². The molecule has 0 unspecified atom stereocenters. The van der Waals surface area contributed by atoms with Crippen LogP contribution in [0.15, 0.2) is 11.7 Å². The maximum Gasteiger partial charge on any atom is 0.134 e. The molecule has 0 amide bonds. The molecule has 0 saturated heterocycles. The third kappa shape index (κ3) is 2.91. The molecule has 17 heavy (non-hydrogen) atoms. The van der Waals surface area contributed by atoms with Crippen molar-refractivity contribution in [3.63, 3.8) is 0 Å². The molecule has 3 N–H and O–H groups in total. The number of aromatic nitrogens is 3. The van der Waals surface area contributed by atoms with E-state index in [1.165, 1.54) is 6.33 Å². The van der Waals surface area contributed by atoms with E-state index in [0.717, 1.165) is 35.0 Å². The van der Waals surface area contributed by atoms with Gasteiger partial charge in [-0.1, -0.05) is 0 Å². The number of nitrogen functional groups attached to an aromatic ring is 1. The summed E-state index contributed by atoms with van der Waals surface area (Å²) in [5, 5.41) is 6.44. The first kappa shape index (κ1) is 11.8. The molecule has 2 aromatic rings. The van der Waals surface area contributed by atoms with Crippen LogP contribution in [0, 0.1) is 13.8 Å². The molecule has 0 radical (unpaired) electrons. The number of nitrogens with two attached hydrogens (primary N) is 1. The Hall–Kier alpha value is -1.69. The predicted molar refractivity (Wildman–Crippen MR) is 70.2 cm³/mol. The molecular formula is C11H15N5S. The van der Waals surface area contributed by atoms with Crippen LogP contribution in [0.1, 0.15) is 16.3 Å². The Labute approximate surface area is 104 Å². The molecule has 2 heterocycles. The normalized spacial score (nSPS) is 10.5. The van der Waals surface area contributed by atoms with E-state index in [4.69, 9.17) is 5.73 Å². The number of anilines is 2. The second-order valence-electron chi connectivity index (χ2n) is 3.79. The van der Waals surface area contributed by atoms with Gasteiger partial charge in [-0.05, 0) is 13.8 Å². The van der Waals surface area contributed by atoms with Crippen LogP contribution in [0.4, 0.5) is 11.6 Å². The molecule has 0 atom stereocenters. The summed E-state index contributed by atoms with van der Waals surface area (Å²) in [4.78, 5) is 12.5. The third-order valence-electron chi connectivity index (χ3n) is 2.42. The average molecular weight is 249 g/mol. The van der Waals surface area contributed by atoms with Gasteiger partial charge in [-0.25, -0.2) is 15.0 Å². The van der Waals surface area contributed by atoms with Crippen LogP contribution in [0.3, 0.4) is 0 Å². The summed E-state index contributed by atoms with van der Waals surface area (Å²) in [5.41, 5.74) is 7.67. The fourth-order valence-corrected chi connectivity index (χ4v) is 2.22. The number of hydrogen-bond donors (Lipinski definition) is 2. The molecule has 0 aromatic carbocycles. The van der Waals surface area contributed by atoms with Crippen molar-refractivity contribution in [1.29, 1.82) is 0 Å². The number of hydrogen-bond acceptors (Lipinski definition) is 6. The molecule has 0 spiro atoms. The van der Waals surface area contributed by atoms with E-state index in [2.05, 4.69) is 25.6 Å². The number of nitrogens with one attached hydrogen (secondary N) is 1. The first-order chi connectivity index (χ1) is 8.16. The number of thiazole rings is 1. The minimum atomic E-state index is 0.521. The number of rotatable bonds is 4. The highest BCUT2D eigenvalue weighted by molar-refractivity contribution is 7.09. The van der Waals surface area contributed by atoms with Gasteiger partial charge in [0.2, 0.25) is 0 Å². The maximum absolute atomic E-state index is 5.71. The summed E-state index contributed by atoms with van der Waals surface area (Å²) >= 11 is 1.68. The highest BCUT2D eigenvalue weighted by Crippen LogP contribution is 2.15. The van der Waals surface area contributed by atoms with Crippen LogP contribution in [0.25, 0.3) is 0 Å². The molecule has 0 bridgehead atoms. The summed E-state index contributed by atoms with van der Waals surface area (Å²) in [6.07, 6.45) is 2.36. The molecule has 0 fully saturated rings. The van der Waals surface area contributed by atoms with Gasteiger partial charge >= 0.3 is 0 Å². The van der Waals surface area contributed by atoms with Gasteiger partial charge in [0.1, 0.15) is 18.0 Å². The van der Waals surface area contributed by atoms with Crippen LogP contribution >= 0.6 is 11.3 Å². The third-order valence-corrected chi connectivity index (χ3v) is 3.45. The first-order valence-corrected chi connectivity index (χ1v) is 6.26. The van der Waals surface area contributed by atoms with Gasteiger partial charge in [-0.2, -0.15) is 0 Å². The molecule has 0 saturated carbocycles. The molecule has 90 valence electrons. The van der Waals surface area contributed by atoms with Crippen LogP contribution in [-0.2, 0) is 6.42 Å². The predicted octanol–water partition coefficient (Wildman–Crippen LogP) is 1.79. The zero-order valence-electron chi connectivity index (χ0n) is 9.90. The monoisotopic (exact) mass is 249 g/mol. The Morgan fingerprint density at radius 2 is 2.18 bits per heavy atom. The van der Waals surface area contributed by atoms with Crippen LogP contribution in [0.5, 0.6) is 0 Å². The molecule has 6 heteroatoms. The molecule has 5 nitrogen and oxygen atoms in total. The van der Waals surface area contributed by atoms with Crippen molar-refractivity contribution in [3.05, 3.63) is 28.0 Å². The number of nitrogens with zero attached hydrogens (tertiary/aromatic N) is 3. The van der Waals surface area contributed by atoms with Crippen molar-refractivity contribution in [2.24, 2.45) is 0 Å². The van der Waals surface area contributed by atoms with Gasteiger partial charge in [0, 0.05) is 29.6 Å². The van der Waals surface area contributed by atoms with E-state index in [0.29, 0.717) is 5.82 Å². The van der Waals surface area contributed by atoms with Crippen molar-refractivity contribution in [3.8, 4) is 0 Å². The van der Waals surface area contributed by atoms with Crippen LogP contribution in [0.2, 0.25) is 0 Å². The topological polar surface area (TPSA) is 76.7 Å². The highest BCUT2D eigenvalue weighted by Gasteiger charge is 2.04. The molecule has 0 aliphatic carbocycles. The molecule has 2 aromatic heterocycles. The van der Waals surface area contributed by atoms with Gasteiger partial charge in [0.25, 0.3) is 0 Å². The minimum Gasteiger partial charge on any atom is -0.383 e. The lowest BCUT2D eigenvalue weighted by molar-refractivity contribution is 0.969. The van der Waals surface area contributed by atoms with E-state index in [9.17, 15) is 0 Å². The lowest BCUT2D eigenvalue weighted by Gasteiger charge is -2.08. The summed E-state index contributed by atoms with van der Waals surface area (Å²) in [5.74, 6) is 1.32. The van der Waals surface area contributed by atoms with Crippen molar-refractivity contribution in [1.82, 2.24) is 15.0 Å². The van der Waals surface area contributed by atoms with E-state index in [1.807, 2.05) is 13.8 Å². The Bertz CT molecular complexity index is 508. The van der Waals surface area contributed by atoms with E-state index in [-0.39, 0.29) is 0 Å². The Morgan fingerprint density at radius 1 is 1.35 bits per heavy atom.